The van der Waals surface area contributed by atoms with Crippen molar-refractivity contribution in [2.45, 2.75) is 64.8 Å². The lowest BCUT2D eigenvalue weighted by atomic mass is 9.61. The van der Waals surface area contributed by atoms with E-state index in [9.17, 15) is 5.11 Å². The molecule has 1 aliphatic carbocycles. The highest BCUT2D eigenvalue weighted by atomic mass is 16.8. The first-order valence-corrected chi connectivity index (χ1v) is 10.8. The average Bonchev–Trinajstić information content (AvgIpc) is 2.81. The molecule has 5 nitrogen and oxygen atoms in total. The molecule has 8 atom stereocenters. The first-order chi connectivity index (χ1) is 13.4. The van der Waals surface area contributed by atoms with Gasteiger partial charge in [0.05, 0.1) is 6.61 Å². The van der Waals surface area contributed by atoms with Crippen molar-refractivity contribution in [2.75, 3.05) is 13.2 Å². The Bertz CT molecular complexity index is 633. The summed E-state index contributed by atoms with van der Waals surface area (Å²) in [6.07, 6.45) is 3.35. The van der Waals surface area contributed by atoms with E-state index in [0.717, 1.165) is 12.2 Å². The number of hydrogen-bond donors (Lipinski definition) is 1. The van der Waals surface area contributed by atoms with E-state index in [0.29, 0.717) is 49.2 Å². The highest BCUT2D eigenvalue weighted by Crippen LogP contribution is 2.53. The molecule has 1 N–H and O–H groups in total. The fourth-order valence-corrected chi connectivity index (χ4v) is 5.48. The number of benzene rings is 1. The second-order valence-electron chi connectivity index (χ2n) is 9.06. The molecule has 5 unspecified atom stereocenters. The lowest BCUT2D eigenvalue weighted by Crippen LogP contribution is -2.54. The molecule has 0 amide bonds. The molecule has 0 aromatic heterocycles. The molecule has 28 heavy (non-hydrogen) atoms. The van der Waals surface area contributed by atoms with Crippen LogP contribution in [0.5, 0.6) is 5.75 Å². The Morgan fingerprint density at radius 3 is 2.64 bits per heavy atom. The van der Waals surface area contributed by atoms with Gasteiger partial charge in [0.15, 0.2) is 18.4 Å². The zero-order chi connectivity index (χ0) is 19.7. The SMILES string of the molecule is C[C@H]1C(OCCOc2ccccc2)O[C@@H]2OC(C)(O)CCC3C2C1CC[C@H]3C. The second kappa shape index (κ2) is 8.31. The molecule has 3 fully saturated rings. The molecule has 156 valence electrons. The van der Waals surface area contributed by atoms with Crippen molar-refractivity contribution >= 4 is 0 Å². The summed E-state index contributed by atoms with van der Waals surface area (Å²) in [6, 6.07) is 9.76. The zero-order valence-electron chi connectivity index (χ0n) is 17.3. The molecule has 0 radical (unpaired) electrons. The average molecular weight is 391 g/mol. The van der Waals surface area contributed by atoms with Gasteiger partial charge < -0.3 is 24.1 Å². The van der Waals surface area contributed by atoms with Crippen LogP contribution in [0.15, 0.2) is 30.3 Å². The lowest BCUT2D eigenvalue weighted by molar-refractivity contribution is -0.370. The third-order valence-electron chi connectivity index (χ3n) is 7.05. The Kier molecular flexibility index (Phi) is 5.98. The Morgan fingerprint density at radius 2 is 1.86 bits per heavy atom. The Labute approximate surface area is 168 Å². The van der Waals surface area contributed by atoms with Gasteiger partial charge in [0.1, 0.15) is 12.4 Å². The van der Waals surface area contributed by atoms with E-state index in [1.165, 1.54) is 12.8 Å². The van der Waals surface area contributed by atoms with Gasteiger partial charge in [-0.05, 0) is 49.7 Å². The highest BCUT2D eigenvalue weighted by molar-refractivity contribution is 5.20. The molecule has 0 spiro atoms. The second-order valence-corrected chi connectivity index (χ2v) is 9.06. The van der Waals surface area contributed by atoms with Gasteiger partial charge in [0.2, 0.25) is 0 Å². The fourth-order valence-electron chi connectivity index (χ4n) is 5.48. The van der Waals surface area contributed by atoms with Crippen molar-refractivity contribution in [2.24, 2.45) is 29.6 Å². The van der Waals surface area contributed by atoms with Crippen LogP contribution in [0.3, 0.4) is 0 Å². The van der Waals surface area contributed by atoms with Crippen LogP contribution in [-0.4, -0.2) is 36.7 Å². The van der Waals surface area contributed by atoms with Crippen molar-refractivity contribution in [3.63, 3.8) is 0 Å². The van der Waals surface area contributed by atoms with Crippen LogP contribution in [0.1, 0.15) is 46.5 Å². The van der Waals surface area contributed by atoms with E-state index >= 15 is 0 Å². The summed E-state index contributed by atoms with van der Waals surface area (Å²) in [7, 11) is 0. The molecule has 4 rings (SSSR count). The molecule has 2 aliphatic heterocycles. The summed E-state index contributed by atoms with van der Waals surface area (Å²) in [6.45, 7) is 7.28. The number of aliphatic hydroxyl groups is 1. The number of ether oxygens (including phenoxy) is 4. The van der Waals surface area contributed by atoms with E-state index in [1.807, 2.05) is 30.3 Å². The Morgan fingerprint density at radius 1 is 1.07 bits per heavy atom. The minimum absolute atomic E-state index is 0.305. The minimum Gasteiger partial charge on any atom is -0.491 e. The van der Waals surface area contributed by atoms with Crippen molar-refractivity contribution in [1.82, 2.24) is 0 Å². The first kappa shape index (κ1) is 20.1. The maximum absolute atomic E-state index is 10.6. The molecule has 2 saturated heterocycles. The molecule has 1 aromatic carbocycles. The van der Waals surface area contributed by atoms with E-state index in [-0.39, 0.29) is 6.29 Å². The third-order valence-corrected chi connectivity index (χ3v) is 7.05. The van der Waals surface area contributed by atoms with Crippen LogP contribution in [0.25, 0.3) is 0 Å². The molecular weight excluding hydrogens is 356 g/mol. The Balaban J connectivity index is 1.40. The van der Waals surface area contributed by atoms with E-state index < -0.39 is 12.1 Å². The summed E-state index contributed by atoms with van der Waals surface area (Å²) < 4.78 is 24.2. The first-order valence-electron chi connectivity index (χ1n) is 10.8. The van der Waals surface area contributed by atoms with Gasteiger partial charge in [-0.3, -0.25) is 0 Å². The lowest BCUT2D eigenvalue weighted by Gasteiger charge is -2.52. The molecule has 1 saturated carbocycles. The predicted molar refractivity (Wildman–Crippen MR) is 106 cm³/mol. The monoisotopic (exact) mass is 390 g/mol. The van der Waals surface area contributed by atoms with E-state index in [2.05, 4.69) is 13.8 Å². The molecule has 3 aliphatic rings. The van der Waals surface area contributed by atoms with Crippen LogP contribution in [0, 0.1) is 29.6 Å². The van der Waals surface area contributed by atoms with E-state index in [1.54, 1.807) is 6.92 Å². The van der Waals surface area contributed by atoms with Gasteiger partial charge in [0, 0.05) is 18.3 Å². The largest absolute Gasteiger partial charge is 0.491 e. The van der Waals surface area contributed by atoms with E-state index in [4.69, 9.17) is 18.9 Å². The molecule has 5 heteroatoms. The smallest absolute Gasteiger partial charge is 0.167 e. The maximum Gasteiger partial charge on any atom is 0.167 e. The maximum atomic E-state index is 10.6. The predicted octanol–water partition coefficient (Wildman–Crippen LogP) is 4.20. The third kappa shape index (κ3) is 4.23. The molecule has 0 bridgehead atoms. The van der Waals surface area contributed by atoms with Crippen molar-refractivity contribution < 1.29 is 24.1 Å². The molecule has 1 aromatic rings. The van der Waals surface area contributed by atoms with Crippen molar-refractivity contribution in [1.29, 1.82) is 0 Å². The van der Waals surface area contributed by atoms with Gasteiger partial charge in [-0.1, -0.05) is 38.5 Å². The van der Waals surface area contributed by atoms with Crippen molar-refractivity contribution in [3.05, 3.63) is 30.3 Å². The quantitative estimate of drug-likeness (QED) is 0.764. The summed E-state index contributed by atoms with van der Waals surface area (Å²) in [4.78, 5) is 0. The number of hydrogen-bond acceptors (Lipinski definition) is 5. The standard InChI is InChI=1S/C23H34O5/c1-15-9-10-19-16(2)21(26-14-13-25-17-7-5-4-6-8-17)27-22-20(19)18(15)11-12-23(3,24)28-22/h4-8,15-16,18-22,24H,9-14H2,1-3H3/t15-,16-,18?,19?,20?,21?,22-,23?/m1/s1. The summed E-state index contributed by atoms with van der Waals surface area (Å²) in [5, 5.41) is 10.6. The van der Waals surface area contributed by atoms with Crippen LogP contribution < -0.4 is 4.74 Å². The van der Waals surface area contributed by atoms with Gasteiger partial charge in [-0.25, -0.2) is 0 Å². The zero-order valence-corrected chi connectivity index (χ0v) is 17.3. The normalized spacial score (nSPS) is 43.1. The summed E-state index contributed by atoms with van der Waals surface area (Å²) in [5.74, 6) is 2.06. The highest BCUT2D eigenvalue weighted by Gasteiger charge is 2.54. The molecule has 2 heterocycles. The van der Waals surface area contributed by atoms with Crippen LogP contribution >= 0.6 is 0 Å². The summed E-state index contributed by atoms with van der Waals surface area (Å²) >= 11 is 0. The summed E-state index contributed by atoms with van der Waals surface area (Å²) in [5.41, 5.74) is 0. The van der Waals surface area contributed by atoms with Crippen molar-refractivity contribution in [3.8, 4) is 5.75 Å². The van der Waals surface area contributed by atoms with Gasteiger partial charge in [-0.2, -0.15) is 0 Å². The number of rotatable bonds is 5. The topological polar surface area (TPSA) is 57.2 Å². The van der Waals surface area contributed by atoms with Crippen LogP contribution in [-0.2, 0) is 14.2 Å². The Hall–Kier alpha value is -1.14. The number of para-hydroxylation sites is 1. The van der Waals surface area contributed by atoms with Gasteiger partial charge >= 0.3 is 0 Å². The minimum atomic E-state index is -1.13. The van der Waals surface area contributed by atoms with Gasteiger partial charge in [0.25, 0.3) is 0 Å². The van der Waals surface area contributed by atoms with Gasteiger partial charge in [-0.15, -0.1) is 0 Å². The van der Waals surface area contributed by atoms with Crippen LogP contribution in [0.2, 0.25) is 0 Å². The molecular formula is C23H34O5. The fraction of sp³-hybridized carbons (Fsp3) is 0.739. The van der Waals surface area contributed by atoms with Crippen LogP contribution in [0.4, 0.5) is 0 Å².